The largest absolute Gasteiger partial charge is 0.493 e. The van der Waals surface area contributed by atoms with Crippen LogP contribution in [-0.4, -0.2) is 38.5 Å². The fraction of sp³-hybridized carbons (Fsp3) is 0.391. The number of anilines is 2. The van der Waals surface area contributed by atoms with E-state index >= 15 is 0 Å². The molecule has 0 spiro atoms. The second kappa shape index (κ2) is 9.96. The van der Waals surface area contributed by atoms with Crippen molar-refractivity contribution in [1.82, 2.24) is 0 Å². The minimum atomic E-state index is -0.0286. The second-order valence-corrected chi connectivity index (χ2v) is 7.13. The molecule has 0 unspecified atom stereocenters. The molecule has 0 atom stereocenters. The number of para-hydroxylation sites is 2. The third-order valence-corrected chi connectivity index (χ3v) is 5.00. The van der Waals surface area contributed by atoms with Crippen molar-refractivity contribution in [2.24, 2.45) is 0 Å². The van der Waals surface area contributed by atoms with Crippen LogP contribution in [0.15, 0.2) is 42.5 Å². The minimum absolute atomic E-state index is 0.0271. The summed E-state index contributed by atoms with van der Waals surface area (Å²) in [6.45, 7) is 3.96. The normalized spacial score (nSPS) is 13.2. The first-order valence-corrected chi connectivity index (χ1v) is 10.0. The first-order chi connectivity index (χ1) is 14.1. The topological polar surface area (TPSA) is 67.9 Å². The number of carbonyl (C=O) groups is 2. The Bertz CT molecular complexity index is 860. The predicted molar refractivity (Wildman–Crippen MR) is 114 cm³/mol. The van der Waals surface area contributed by atoms with E-state index in [0.717, 1.165) is 24.5 Å². The molecule has 1 heterocycles. The highest BCUT2D eigenvalue weighted by Gasteiger charge is 2.16. The van der Waals surface area contributed by atoms with Gasteiger partial charge in [0.1, 0.15) is 0 Å². The standard InChI is InChI=1S/C23H28N2O4/c1-17(26)18-11-12-21(22(16-18)28-2)29-15-7-10-23(27)24-19-8-3-4-9-20(19)25-13-5-6-14-25/h3-4,8-9,11-12,16H,5-7,10,13-15H2,1-2H3,(H,24,27). The second-order valence-electron chi connectivity index (χ2n) is 7.13. The Morgan fingerprint density at radius 1 is 1.07 bits per heavy atom. The first-order valence-electron chi connectivity index (χ1n) is 10.0. The van der Waals surface area contributed by atoms with E-state index < -0.39 is 0 Å². The van der Waals surface area contributed by atoms with Crippen LogP contribution in [0.25, 0.3) is 0 Å². The summed E-state index contributed by atoms with van der Waals surface area (Å²) < 4.78 is 11.0. The molecule has 1 aliphatic rings. The molecular weight excluding hydrogens is 368 g/mol. The molecule has 1 aliphatic heterocycles. The van der Waals surface area contributed by atoms with E-state index in [4.69, 9.17) is 9.47 Å². The van der Waals surface area contributed by atoms with Gasteiger partial charge in [0.05, 0.1) is 25.1 Å². The van der Waals surface area contributed by atoms with Gasteiger partial charge in [-0.3, -0.25) is 9.59 Å². The molecule has 0 saturated carbocycles. The van der Waals surface area contributed by atoms with Crippen LogP contribution in [0.5, 0.6) is 11.5 Å². The molecule has 29 heavy (non-hydrogen) atoms. The molecule has 6 heteroatoms. The number of amides is 1. The van der Waals surface area contributed by atoms with Gasteiger partial charge in [-0.05, 0) is 56.5 Å². The van der Waals surface area contributed by atoms with Crippen LogP contribution < -0.4 is 19.7 Å². The fourth-order valence-electron chi connectivity index (χ4n) is 3.45. The number of ether oxygens (including phenoxy) is 2. The van der Waals surface area contributed by atoms with Gasteiger partial charge >= 0.3 is 0 Å². The Morgan fingerprint density at radius 3 is 2.55 bits per heavy atom. The molecule has 0 aromatic heterocycles. The van der Waals surface area contributed by atoms with Gasteiger partial charge in [0, 0.05) is 25.1 Å². The minimum Gasteiger partial charge on any atom is -0.493 e. The van der Waals surface area contributed by atoms with Crippen LogP contribution in [0.4, 0.5) is 11.4 Å². The predicted octanol–water partition coefficient (Wildman–Crippen LogP) is 4.30. The number of rotatable bonds is 9. The summed E-state index contributed by atoms with van der Waals surface area (Å²) in [7, 11) is 1.54. The molecule has 6 nitrogen and oxygen atoms in total. The van der Waals surface area contributed by atoms with Crippen LogP contribution >= 0.6 is 0 Å². The highest BCUT2D eigenvalue weighted by Crippen LogP contribution is 2.30. The van der Waals surface area contributed by atoms with E-state index in [1.54, 1.807) is 18.2 Å². The van der Waals surface area contributed by atoms with Crippen molar-refractivity contribution in [1.29, 1.82) is 0 Å². The van der Waals surface area contributed by atoms with E-state index in [-0.39, 0.29) is 11.7 Å². The van der Waals surface area contributed by atoms with Crippen LogP contribution in [0.3, 0.4) is 0 Å². The molecule has 0 radical (unpaired) electrons. The number of carbonyl (C=O) groups excluding carboxylic acids is 2. The van der Waals surface area contributed by atoms with Gasteiger partial charge in [-0.2, -0.15) is 0 Å². The lowest BCUT2D eigenvalue weighted by Gasteiger charge is -2.21. The Balaban J connectivity index is 1.49. The lowest BCUT2D eigenvalue weighted by Crippen LogP contribution is -2.21. The van der Waals surface area contributed by atoms with Gasteiger partial charge in [-0.15, -0.1) is 0 Å². The van der Waals surface area contributed by atoms with Crippen molar-refractivity contribution >= 4 is 23.1 Å². The fourth-order valence-corrected chi connectivity index (χ4v) is 3.45. The van der Waals surface area contributed by atoms with Crippen LogP contribution in [0.2, 0.25) is 0 Å². The van der Waals surface area contributed by atoms with Crippen molar-refractivity contribution in [2.75, 3.05) is 37.0 Å². The van der Waals surface area contributed by atoms with E-state index in [2.05, 4.69) is 16.3 Å². The lowest BCUT2D eigenvalue weighted by atomic mass is 10.1. The van der Waals surface area contributed by atoms with Crippen molar-refractivity contribution in [3.63, 3.8) is 0 Å². The maximum absolute atomic E-state index is 12.4. The van der Waals surface area contributed by atoms with Gasteiger partial charge in [-0.25, -0.2) is 0 Å². The average molecular weight is 396 g/mol. The van der Waals surface area contributed by atoms with Gasteiger partial charge in [0.2, 0.25) is 5.91 Å². The number of hydrogen-bond donors (Lipinski definition) is 1. The summed E-state index contributed by atoms with van der Waals surface area (Å²) in [4.78, 5) is 26.2. The zero-order valence-electron chi connectivity index (χ0n) is 17.1. The Hall–Kier alpha value is -3.02. The molecule has 1 fully saturated rings. The molecular formula is C23H28N2O4. The van der Waals surface area contributed by atoms with Gasteiger partial charge in [0.15, 0.2) is 17.3 Å². The molecule has 2 aromatic rings. The maximum atomic E-state index is 12.4. The average Bonchev–Trinajstić information content (AvgIpc) is 3.26. The van der Waals surface area contributed by atoms with Crippen LogP contribution in [0.1, 0.15) is 43.0 Å². The number of nitrogens with zero attached hydrogens (tertiary/aromatic N) is 1. The number of Topliss-reactive ketones (excluding diaryl/α,β-unsaturated/α-hetero) is 1. The van der Waals surface area contributed by atoms with Gasteiger partial charge < -0.3 is 19.7 Å². The molecule has 1 amide bonds. The number of hydrogen-bond acceptors (Lipinski definition) is 5. The molecule has 154 valence electrons. The van der Waals surface area contributed by atoms with Crippen molar-refractivity contribution in [2.45, 2.75) is 32.6 Å². The molecule has 0 bridgehead atoms. The number of methoxy groups -OCH3 is 1. The molecule has 2 aromatic carbocycles. The summed E-state index contributed by atoms with van der Waals surface area (Å²) in [5.41, 5.74) is 2.52. The Labute approximate surface area is 171 Å². The molecule has 1 N–H and O–H groups in total. The van der Waals surface area contributed by atoms with Crippen molar-refractivity contribution in [3.8, 4) is 11.5 Å². The summed E-state index contributed by atoms with van der Waals surface area (Å²) >= 11 is 0. The molecule has 1 saturated heterocycles. The Kier molecular flexibility index (Phi) is 7.11. The van der Waals surface area contributed by atoms with E-state index in [0.29, 0.717) is 36.5 Å². The number of benzene rings is 2. The summed E-state index contributed by atoms with van der Waals surface area (Å²) in [6, 6.07) is 13.0. The highest BCUT2D eigenvalue weighted by atomic mass is 16.5. The zero-order valence-corrected chi connectivity index (χ0v) is 17.1. The van der Waals surface area contributed by atoms with E-state index in [1.807, 2.05) is 18.2 Å². The van der Waals surface area contributed by atoms with Crippen molar-refractivity contribution in [3.05, 3.63) is 48.0 Å². The smallest absolute Gasteiger partial charge is 0.224 e. The third-order valence-electron chi connectivity index (χ3n) is 5.00. The van der Waals surface area contributed by atoms with Crippen LogP contribution in [-0.2, 0) is 4.79 Å². The molecule has 3 rings (SSSR count). The SMILES string of the molecule is COc1cc(C(C)=O)ccc1OCCCC(=O)Nc1ccccc1N1CCCC1. The number of ketones is 1. The summed E-state index contributed by atoms with van der Waals surface area (Å²) in [5, 5.41) is 3.03. The highest BCUT2D eigenvalue weighted by molar-refractivity contribution is 5.95. The Morgan fingerprint density at radius 2 is 1.83 bits per heavy atom. The van der Waals surface area contributed by atoms with Gasteiger partial charge in [-0.1, -0.05) is 12.1 Å². The summed E-state index contributed by atoms with van der Waals surface area (Å²) in [5.74, 6) is 1.03. The lowest BCUT2D eigenvalue weighted by molar-refractivity contribution is -0.116. The third kappa shape index (κ3) is 5.50. The first kappa shape index (κ1) is 20.7. The van der Waals surface area contributed by atoms with Crippen molar-refractivity contribution < 1.29 is 19.1 Å². The summed E-state index contributed by atoms with van der Waals surface area (Å²) in [6.07, 6.45) is 3.32. The monoisotopic (exact) mass is 396 g/mol. The zero-order chi connectivity index (χ0) is 20.6. The van der Waals surface area contributed by atoms with E-state index in [9.17, 15) is 9.59 Å². The quantitative estimate of drug-likeness (QED) is 0.506. The maximum Gasteiger partial charge on any atom is 0.224 e. The van der Waals surface area contributed by atoms with Gasteiger partial charge in [0.25, 0.3) is 0 Å². The number of nitrogens with one attached hydrogen (secondary N) is 1. The molecule has 0 aliphatic carbocycles. The van der Waals surface area contributed by atoms with Crippen LogP contribution in [0, 0.1) is 0 Å². The van der Waals surface area contributed by atoms with E-state index in [1.165, 1.54) is 26.9 Å².